The van der Waals surface area contributed by atoms with Crippen molar-refractivity contribution in [3.8, 4) is 16.9 Å². The van der Waals surface area contributed by atoms with Gasteiger partial charge in [-0.25, -0.2) is 4.39 Å². The van der Waals surface area contributed by atoms with Gasteiger partial charge >= 0.3 is 0 Å². The summed E-state index contributed by atoms with van der Waals surface area (Å²) in [6, 6.07) is 11.2. The van der Waals surface area contributed by atoms with E-state index in [1.165, 1.54) is 88.7 Å². The van der Waals surface area contributed by atoms with Crippen molar-refractivity contribution in [3.05, 3.63) is 65.7 Å². The second-order valence-corrected chi connectivity index (χ2v) is 12.5. The molecule has 0 bridgehead atoms. The van der Waals surface area contributed by atoms with Gasteiger partial charge in [0.05, 0.1) is 19.3 Å². The lowest BCUT2D eigenvalue weighted by atomic mass is 9.71. The van der Waals surface area contributed by atoms with Crippen LogP contribution in [0.15, 0.2) is 48.6 Å². The van der Waals surface area contributed by atoms with E-state index in [0.29, 0.717) is 30.1 Å². The molecule has 2 aromatic carbocycles. The molecule has 0 amide bonds. The van der Waals surface area contributed by atoms with Gasteiger partial charge < -0.3 is 9.47 Å². The molecule has 4 heteroatoms. The molecule has 2 unspecified atom stereocenters. The molecule has 0 aromatic heterocycles. The lowest BCUT2D eigenvalue weighted by Gasteiger charge is -2.41. The van der Waals surface area contributed by atoms with Crippen LogP contribution in [0.2, 0.25) is 0 Å². The van der Waals surface area contributed by atoms with Crippen LogP contribution < -0.4 is 4.74 Å². The topological polar surface area (TPSA) is 18.5 Å². The van der Waals surface area contributed by atoms with Crippen LogP contribution in [-0.2, 0) is 4.74 Å². The summed E-state index contributed by atoms with van der Waals surface area (Å²) in [4.78, 5) is 0. The SMILES string of the molecule is CC=CCCC1CCC(C2CCC(C3CCC(c4ccc(-c5ccc(OCC)c(F)c5F)cc4)CC3)OC2)CC1. The summed E-state index contributed by atoms with van der Waals surface area (Å²) in [5.41, 5.74) is 2.28. The Kier molecular flexibility index (Phi) is 10.3. The molecule has 2 nitrogen and oxygen atoms in total. The third kappa shape index (κ3) is 6.98. The van der Waals surface area contributed by atoms with Gasteiger partial charge in [-0.05, 0) is 131 Å². The van der Waals surface area contributed by atoms with Crippen molar-refractivity contribution in [2.45, 2.75) is 103 Å². The summed E-state index contributed by atoms with van der Waals surface area (Å²) >= 11 is 0. The van der Waals surface area contributed by atoms with Crippen LogP contribution in [0.1, 0.15) is 102 Å². The molecule has 2 atom stereocenters. The maximum atomic E-state index is 14.7. The first-order valence-corrected chi connectivity index (χ1v) is 16.0. The summed E-state index contributed by atoms with van der Waals surface area (Å²) in [6.45, 7) is 5.16. The largest absolute Gasteiger partial charge is 0.491 e. The molecule has 0 spiro atoms. The molecule has 3 fully saturated rings. The van der Waals surface area contributed by atoms with E-state index in [4.69, 9.17) is 9.47 Å². The molecular formula is C36H48F2O2. The predicted molar refractivity (Wildman–Crippen MR) is 160 cm³/mol. The Balaban J connectivity index is 1.07. The monoisotopic (exact) mass is 550 g/mol. The average molecular weight is 551 g/mol. The zero-order valence-electron chi connectivity index (χ0n) is 24.6. The molecule has 40 heavy (non-hydrogen) atoms. The Morgan fingerprint density at radius 1 is 0.800 bits per heavy atom. The van der Waals surface area contributed by atoms with E-state index in [1.54, 1.807) is 13.0 Å². The first kappa shape index (κ1) is 29.3. The van der Waals surface area contributed by atoms with E-state index in [2.05, 4.69) is 31.2 Å². The number of hydrogen-bond donors (Lipinski definition) is 0. The van der Waals surface area contributed by atoms with Crippen molar-refractivity contribution in [2.24, 2.45) is 23.7 Å². The molecule has 0 radical (unpaired) electrons. The maximum Gasteiger partial charge on any atom is 0.201 e. The van der Waals surface area contributed by atoms with E-state index in [1.807, 2.05) is 12.1 Å². The van der Waals surface area contributed by atoms with Gasteiger partial charge in [-0.1, -0.05) is 49.3 Å². The van der Waals surface area contributed by atoms with Crippen LogP contribution in [0.25, 0.3) is 11.1 Å². The third-order valence-corrected chi connectivity index (χ3v) is 10.2. The minimum Gasteiger partial charge on any atom is -0.491 e. The van der Waals surface area contributed by atoms with Gasteiger partial charge in [0, 0.05) is 5.56 Å². The Bertz CT molecular complexity index is 1090. The van der Waals surface area contributed by atoms with Gasteiger partial charge in [-0.15, -0.1) is 0 Å². The van der Waals surface area contributed by atoms with Crippen LogP contribution >= 0.6 is 0 Å². The molecule has 2 saturated carbocycles. The highest BCUT2D eigenvalue weighted by Crippen LogP contribution is 2.43. The molecule has 0 N–H and O–H groups in total. The first-order valence-electron chi connectivity index (χ1n) is 16.0. The number of hydrogen-bond acceptors (Lipinski definition) is 2. The highest BCUT2D eigenvalue weighted by Gasteiger charge is 2.35. The van der Waals surface area contributed by atoms with Crippen LogP contribution in [0.4, 0.5) is 8.78 Å². The van der Waals surface area contributed by atoms with Crippen molar-refractivity contribution < 1.29 is 18.3 Å². The van der Waals surface area contributed by atoms with Gasteiger partial charge in [-0.2, -0.15) is 4.39 Å². The Morgan fingerprint density at radius 2 is 1.50 bits per heavy atom. The van der Waals surface area contributed by atoms with Crippen molar-refractivity contribution in [2.75, 3.05) is 13.2 Å². The van der Waals surface area contributed by atoms with Crippen molar-refractivity contribution in [1.82, 2.24) is 0 Å². The lowest BCUT2D eigenvalue weighted by molar-refractivity contribution is -0.0724. The van der Waals surface area contributed by atoms with E-state index < -0.39 is 11.6 Å². The number of halogens is 2. The molecule has 1 saturated heterocycles. The second-order valence-electron chi connectivity index (χ2n) is 12.5. The van der Waals surface area contributed by atoms with Crippen LogP contribution in [-0.4, -0.2) is 19.3 Å². The minimum absolute atomic E-state index is 0.0343. The van der Waals surface area contributed by atoms with Gasteiger partial charge in [0.15, 0.2) is 11.6 Å². The van der Waals surface area contributed by atoms with E-state index in [-0.39, 0.29) is 11.3 Å². The Hall–Kier alpha value is -2.20. The number of allylic oxidation sites excluding steroid dienone is 2. The molecule has 5 rings (SSSR count). The zero-order valence-corrected chi connectivity index (χ0v) is 24.6. The van der Waals surface area contributed by atoms with Crippen molar-refractivity contribution >= 4 is 0 Å². The molecule has 2 aromatic rings. The quantitative estimate of drug-likeness (QED) is 0.289. The maximum absolute atomic E-state index is 14.7. The Morgan fingerprint density at radius 3 is 2.15 bits per heavy atom. The molecule has 3 aliphatic rings. The van der Waals surface area contributed by atoms with E-state index in [9.17, 15) is 8.78 Å². The molecule has 1 aliphatic heterocycles. The van der Waals surface area contributed by atoms with Gasteiger partial charge in [0.25, 0.3) is 0 Å². The van der Waals surface area contributed by atoms with Gasteiger partial charge in [0.2, 0.25) is 5.82 Å². The fourth-order valence-electron chi connectivity index (χ4n) is 7.76. The molecule has 2 aliphatic carbocycles. The highest BCUT2D eigenvalue weighted by atomic mass is 19.2. The third-order valence-electron chi connectivity index (χ3n) is 10.2. The average Bonchev–Trinajstić information content (AvgIpc) is 3.01. The molecule has 218 valence electrons. The molecule has 1 heterocycles. The van der Waals surface area contributed by atoms with Crippen LogP contribution in [0.5, 0.6) is 5.75 Å². The normalized spacial score (nSPS) is 29.5. The summed E-state index contributed by atoms with van der Waals surface area (Å²) in [5.74, 6) is 2.01. The Labute approximate surface area is 240 Å². The van der Waals surface area contributed by atoms with Crippen LogP contribution in [0.3, 0.4) is 0 Å². The number of rotatable bonds is 9. The summed E-state index contributed by atoms with van der Waals surface area (Å²) in [5, 5.41) is 0. The summed E-state index contributed by atoms with van der Waals surface area (Å²) < 4.78 is 40.8. The molecular weight excluding hydrogens is 502 g/mol. The van der Waals surface area contributed by atoms with Gasteiger partial charge in [-0.3, -0.25) is 0 Å². The van der Waals surface area contributed by atoms with Crippen molar-refractivity contribution in [3.63, 3.8) is 0 Å². The predicted octanol–water partition coefficient (Wildman–Crippen LogP) is 10.3. The standard InChI is InChI=1S/C36H48F2O2/c1-3-5-6-7-25-8-10-28(11-9-25)31-20-22-33(40-24-31)30-18-14-27(15-19-30)26-12-16-29(17-13-26)32-21-23-34(39-4-2)36(38)35(32)37/h3,5,12-13,16-17,21,23,25,27-28,30-31,33H,4,6-11,14-15,18-20,22,24H2,1-2H3. The fraction of sp³-hybridized carbons (Fsp3) is 0.611. The minimum atomic E-state index is -0.916. The highest BCUT2D eigenvalue weighted by molar-refractivity contribution is 5.65. The first-order chi connectivity index (χ1) is 19.6. The fourth-order valence-corrected chi connectivity index (χ4v) is 7.76. The second kappa shape index (κ2) is 14.1. The summed E-state index contributed by atoms with van der Waals surface area (Å²) in [7, 11) is 0. The lowest BCUT2D eigenvalue weighted by Crippen LogP contribution is -2.37. The smallest absolute Gasteiger partial charge is 0.201 e. The van der Waals surface area contributed by atoms with E-state index >= 15 is 0 Å². The zero-order chi connectivity index (χ0) is 27.9. The number of benzene rings is 2. The van der Waals surface area contributed by atoms with E-state index in [0.717, 1.165) is 24.4 Å². The summed E-state index contributed by atoms with van der Waals surface area (Å²) in [6.07, 6.45) is 20.6. The van der Waals surface area contributed by atoms with Crippen molar-refractivity contribution in [1.29, 1.82) is 0 Å². The van der Waals surface area contributed by atoms with Gasteiger partial charge in [0.1, 0.15) is 0 Å². The number of ether oxygens (including phenoxy) is 2. The van der Waals surface area contributed by atoms with Crippen LogP contribution in [0, 0.1) is 35.3 Å².